The van der Waals surface area contributed by atoms with Crippen molar-refractivity contribution in [1.82, 2.24) is 4.98 Å². The fraction of sp³-hybridized carbons (Fsp3) is 0.0625. The van der Waals surface area contributed by atoms with Crippen LogP contribution in [0, 0.1) is 12.7 Å². The molecule has 1 N–H and O–H groups in total. The van der Waals surface area contributed by atoms with Crippen molar-refractivity contribution in [2.24, 2.45) is 0 Å². The molecule has 0 aliphatic heterocycles. The molecule has 0 saturated heterocycles. The number of nitrogens with one attached hydrogen (secondary N) is 1. The van der Waals surface area contributed by atoms with Gasteiger partial charge in [-0.15, -0.1) is 11.3 Å². The zero-order valence-corrected chi connectivity index (χ0v) is 13.8. The maximum atomic E-state index is 12.9. The van der Waals surface area contributed by atoms with Gasteiger partial charge in [-0.05, 0) is 31.2 Å². The average molecular weight is 348 g/mol. The summed E-state index contributed by atoms with van der Waals surface area (Å²) in [4.78, 5) is 4.28. The normalized spacial score (nSPS) is 11.4. The van der Waals surface area contributed by atoms with Gasteiger partial charge in [-0.25, -0.2) is 17.8 Å². The van der Waals surface area contributed by atoms with Crippen LogP contribution in [-0.4, -0.2) is 13.4 Å². The van der Waals surface area contributed by atoms with E-state index in [4.69, 9.17) is 0 Å². The smallest absolute Gasteiger partial charge is 0.255 e. The quantitative estimate of drug-likeness (QED) is 0.773. The summed E-state index contributed by atoms with van der Waals surface area (Å²) in [6.07, 6.45) is 0. The number of benzene rings is 2. The van der Waals surface area contributed by atoms with Gasteiger partial charge >= 0.3 is 0 Å². The third-order valence-electron chi connectivity index (χ3n) is 3.20. The third-order valence-corrected chi connectivity index (χ3v) is 5.44. The van der Waals surface area contributed by atoms with E-state index in [-0.39, 0.29) is 10.0 Å². The molecular weight excluding hydrogens is 335 g/mol. The van der Waals surface area contributed by atoms with Crippen LogP contribution >= 0.6 is 11.3 Å². The number of hydrogen-bond acceptors (Lipinski definition) is 4. The van der Waals surface area contributed by atoms with Gasteiger partial charge in [-0.1, -0.05) is 29.8 Å². The summed E-state index contributed by atoms with van der Waals surface area (Å²) < 4.78 is 39.8. The van der Waals surface area contributed by atoms with E-state index in [9.17, 15) is 12.8 Å². The minimum atomic E-state index is -3.77. The van der Waals surface area contributed by atoms with Crippen molar-refractivity contribution >= 4 is 26.5 Å². The molecule has 0 bridgehead atoms. The van der Waals surface area contributed by atoms with E-state index in [1.165, 1.54) is 23.5 Å². The van der Waals surface area contributed by atoms with Gasteiger partial charge in [0.05, 0.1) is 10.6 Å². The van der Waals surface area contributed by atoms with Gasteiger partial charge in [0, 0.05) is 10.9 Å². The van der Waals surface area contributed by atoms with Crippen LogP contribution in [0.2, 0.25) is 0 Å². The van der Waals surface area contributed by atoms with Crippen molar-refractivity contribution in [2.75, 3.05) is 4.72 Å². The zero-order chi connectivity index (χ0) is 16.4. The van der Waals surface area contributed by atoms with E-state index in [1.54, 1.807) is 5.38 Å². The number of halogens is 1. The standard InChI is InChI=1S/C16H13FN2O2S2/c1-11-2-4-12(5-3-11)15-10-22-16(18-15)19-23(20,21)14-8-6-13(17)7-9-14/h2-10H,1H3,(H,18,19). The number of aryl methyl sites for hydroxylation is 1. The molecule has 2 aromatic carbocycles. The molecule has 4 nitrogen and oxygen atoms in total. The summed E-state index contributed by atoms with van der Waals surface area (Å²) in [6, 6.07) is 12.4. The van der Waals surface area contributed by atoms with Gasteiger partial charge in [0.25, 0.3) is 10.0 Å². The van der Waals surface area contributed by atoms with Gasteiger partial charge in [-0.3, -0.25) is 4.72 Å². The van der Waals surface area contributed by atoms with Crippen LogP contribution in [0.25, 0.3) is 11.3 Å². The summed E-state index contributed by atoms with van der Waals surface area (Å²) in [7, 11) is -3.77. The molecule has 0 fully saturated rings. The Bertz CT molecular complexity index is 917. The van der Waals surface area contributed by atoms with Crippen LogP contribution in [0.15, 0.2) is 58.8 Å². The number of anilines is 1. The average Bonchev–Trinajstić information content (AvgIpc) is 2.96. The van der Waals surface area contributed by atoms with Crippen molar-refractivity contribution in [1.29, 1.82) is 0 Å². The molecule has 118 valence electrons. The maximum absolute atomic E-state index is 12.9. The zero-order valence-electron chi connectivity index (χ0n) is 12.2. The lowest BCUT2D eigenvalue weighted by Gasteiger charge is -2.04. The number of nitrogens with zero attached hydrogens (tertiary/aromatic N) is 1. The van der Waals surface area contributed by atoms with Crippen LogP contribution in [0.3, 0.4) is 0 Å². The summed E-state index contributed by atoms with van der Waals surface area (Å²) in [5, 5.41) is 2.05. The Balaban J connectivity index is 1.83. The molecule has 0 aliphatic rings. The van der Waals surface area contributed by atoms with Crippen molar-refractivity contribution < 1.29 is 12.8 Å². The maximum Gasteiger partial charge on any atom is 0.263 e. The van der Waals surface area contributed by atoms with Gasteiger partial charge in [0.15, 0.2) is 5.13 Å². The molecule has 7 heteroatoms. The lowest BCUT2D eigenvalue weighted by Crippen LogP contribution is -2.12. The minimum absolute atomic E-state index is 0.00835. The van der Waals surface area contributed by atoms with Gasteiger partial charge in [0.2, 0.25) is 0 Å². The molecule has 23 heavy (non-hydrogen) atoms. The predicted octanol–water partition coefficient (Wildman–Crippen LogP) is 4.06. The number of thiazole rings is 1. The molecule has 3 rings (SSSR count). The van der Waals surface area contributed by atoms with Gasteiger partial charge in [0.1, 0.15) is 5.82 Å². The molecule has 0 aliphatic carbocycles. The summed E-state index contributed by atoms with van der Waals surface area (Å²) in [5.41, 5.74) is 2.76. The molecule has 1 aromatic heterocycles. The largest absolute Gasteiger partial charge is 0.263 e. The number of rotatable bonds is 4. The Morgan fingerprint density at radius 3 is 2.35 bits per heavy atom. The van der Waals surface area contributed by atoms with E-state index >= 15 is 0 Å². The van der Waals surface area contributed by atoms with Crippen LogP contribution in [0.5, 0.6) is 0 Å². The van der Waals surface area contributed by atoms with E-state index < -0.39 is 15.8 Å². The van der Waals surface area contributed by atoms with E-state index in [0.29, 0.717) is 5.69 Å². The molecule has 0 saturated carbocycles. The molecule has 1 heterocycles. The Morgan fingerprint density at radius 2 is 1.70 bits per heavy atom. The first-order valence-electron chi connectivity index (χ1n) is 6.75. The van der Waals surface area contributed by atoms with Crippen molar-refractivity contribution in [3.8, 4) is 11.3 Å². The fourth-order valence-electron chi connectivity index (χ4n) is 1.97. The first kappa shape index (κ1) is 15.6. The van der Waals surface area contributed by atoms with Gasteiger partial charge < -0.3 is 0 Å². The highest BCUT2D eigenvalue weighted by molar-refractivity contribution is 7.93. The van der Waals surface area contributed by atoms with Crippen molar-refractivity contribution in [3.63, 3.8) is 0 Å². The van der Waals surface area contributed by atoms with Crippen molar-refractivity contribution in [2.45, 2.75) is 11.8 Å². The van der Waals surface area contributed by atoms with Crippen LogP contribution in [0.4, 0.5) is 9.52 Å². The molecule has 0 amide bonds. The molecular formula is C16H13FN2O2S2. The molecule has 0 spiro atoms. The third kappa shape index (κ3) is 3.57. The highest BCUT2D eigenvalue weighted by Gasteiger charge is 2.16. The molecule has 0 unspecified atom stereocenters. The van der Waals surface area contributed by atoms with E-state index in [0.717, 1.165) is 23.3 Å². The lowest BCUT2D eigenvalue weighted by atomic mass is 10.1. The van der Waals surface area contributed by atoms with Crippen molar-refractivity contribution in [3.05, 3.63) is 65.3 Å². The van der Waals surface area contributed by atoms with E-state index in [2.05, 4.69) is 9.71 Å². The summed E-state index contributed by atoms with van der Waals surface area (Å²) in [6.45, 7) is 1.99. The van der Waals surface area contributed by atoms with E-state index in [1.807, 2.05) is 31.2 Å². The predicted molar refractivity (Wildman–Crippen MR) is 89.5 cm³/mol. The SMILES string of the molecule is Cc1ccc(-c2csc(NS(=O)(=O)c3ccc(F)cc3)n2)cc1. The Morgan fingerprint density at radius 1 is 1.04 bits per heavy atom. The first-order chi connectivity index (χ1) is 10.9. The Hall–Kier alpha value is -2.25. The Labute approximate surface area is 137 Å². The summed E-state index contributed by atoms with van der Waals surface area (Å²) in [5.74, 6) is -0.486. The molecule has 0 atom stereocenters. The second-order valence-corrected chi connectivity index (χ2v) is 7.50. The molecule has 0 radical (unpaired) electrons. The number of hydrogen-bond donors (Lipinski definition) is 1. The topological polar surface area (TPSA) is 59.1 Å². The molecule has 3 aromatic rings. The fourth-order valence-corrected chi connectivity index (χ4v) is 3.94. The highest BCUT2D eigenvalue weighted by Crippen LogP contribution is 2.26. The lowest BCUT2D eigenvalue weighted by molar-refractivity contribution is 0.599. The van der Waals surface area contributed by atoms with Gasteiger partial charge in [-0.2, -0.15) is 0 Å². The van der Waals surface area contributed by atoms with Crippen LogP contribution in [-0.2, 0) is 10.0 Å². The first-order valence-corrected chi connectivity index (χ1v) is 9.11. The number of aromatic nitrogens is 1. The summed E-state index contributed by atoms with van der Waals surface area (Å²) >= 11 is 1.20. The van der Waals surface area contributed by atoms with Crippen LogP contribution < -0.4 is 4.72 Å². The second kappa shape index (κ2) is 6.10. The highest BCUT2D eigenvalue weighted by atomic mass is 32.2. The Kier molecular flexibility index (Phi) is 4.14. The minimum Gasteiger partial charge on any atom is -0.255 e. The second-order valence-electron chi connectivity index (χ2n) is 4.96. The van der Waals surface area contributed by atoms with Crippen LogP contribution in [0.1, 0.15) is 5.56 Å². The number of sulfonamides is 1. The monoisotopic (exact) mass is 348 g/mol.